The second kappa shape index (κ2) is 11.2. The first kappa shape index (κ1) is 25.1. The predicted octanol–water partition coefficient (Wildman–Crippen LogP) is 5.13. The summed E-state index contributed by atoms with van der Waals surface area (Å²) < 4.78 is 0. The Labute approximate surface area is 217 Å². The van der Waals surface area contributed by atoms with Crippen molar-refractivity contribution in [2.45, 2.75) is 57.0 Å². The molecule has 1 saturated carbocycles. The number of nitrogens with one attached hydrogen (secondary N) is 2. The van der Waals surface area contributed by atoms with Crippen LogP contribution in [0, 0.1) is 5.92 Å². The van der Waals surface area contributed by atoms with Crippen LogP contribution < -0.4 is 15.5 Å². The predicted molar refractivity (Wildman–Crippen MR) is 149 cm³/mol. The van der Waals surface area contributed by atoms with Crippen molar-refractivity contribution in [3.8, 4) is 0 Å². The Morgan fingerprint density at radius 1 is 0.861 bits per heavy atom. The smallest absolute Gasteiger partial charge is 0.321 e. The number of urea groups is 1. The summed E-state index contributed by atoms with van der Waals surface area (Å²) in [5.41, 5.74) is 3.68. The van der Waals surface area contributed by atoms with Crippen LogP contribution in [0.25, 0.3) is 0 Å². The summed E-state index contributed by atoms with van der Waals surface area (Å²) in [5.74, 6) is 0.784. The molecule has 6 nitrogen and oxygen atoms in total. The molecule has 3 aliphatic rings. The number of likely N-dealkylation sites (tertiary alicyclic amines) is 1. The highest BCUT2D eigenvalue weighted by atomic mass is 16.2. The van der Waals surface area contributed by atoms with Gasteiger partial charge >= 0.3 is 6.03 Å². The number of nitrogens with zero attached hydrogens (tertiary/aromatic N) is 3. The SMILES string of the molecule is CNC1CCN(C(=O)Nc2cccc(C3(N4CCN(c5ccccc5)CC4)CCC(C)CC3)c2)CC1. The molecule has 0 atom stereocenters. The van der Waals surface area contributed by atoms with Crippen LogP contribution in [0.2, 0.25) is 0 Å². The summed E-state index contributed by atoms with van der Waals surface area (Å²) in [4.78, 5) is 20.3. The van der Waals surface area contributed by atoms with Crippen LogP contribution in [0.1, 0.15) is 51.0 Å². The zero-order valence-corrected chi connectivity index (χ0v) is 22.1. The maximum atomic E-state index is 13.0. The van der Waals surface area contributed by atoms with Crippen LogP contribution in [0.15, 0.2) is 54.6 Å². The summed E-state index contributed by atoms with van der Waals surface area (Å²) >= 11 is 0. The molecule has 0 radical (unpaired) electrons. The minimum Gasteiger partial charge on any atom is -0.369 e. The number of carbonyl (C=O) groups is 1. The van der Waals surface area contributed by atoms with E-state index >= 15 is 0 Å². The summed E-state index contributed by atoms with van der Waals surface area (Å²) in [6.07, 6.45) is 6.93. The van der Waals surface area contributed by atoms with Crippen molar-refractivity contribution in [1.29, 1.82) is 0 Å². The summed E-state index contributed by atoms with van der Waals surface area (Å²) in [6.45, 7) is 8.27. The van der Waals surface area contributed by atoms with Crippen LogP contribution in [0.5, 0.6) is 0 Å². The molecule has 2 heterocycles. The monoisotopic (exact) mass is 489 g/mol. The van der Waals surface area contributed by atoms with E-state index in [2.05, 4.69) is 75.9 Å². The van der Waals surface area contributed by atoms with Gasteiger partial charge in [-0.2, -0.15) is 0 Å². The molecular formula is C30H43N5O. The Bertz CT molecular complexity index is 987. The van der Waals surface area contributed by atoms with Crippen molar-refractivity contribution >= 4 is 17.4 Å². The normalized spacial score (nSPS) is 26.1. The van der Waals surface area contributed by atoms with Crippen molar-refractivity contribution in [2.75, 3.05) is 56.5 Å². The number of amides is 2. The van der Waals surface area contributed by atoms with Crippen molar-refractivity contribution < 1.29 is 4.79 Å². The van der Waals surface area contributed by atoms with Crippen LogP contribution in [-0.4, -0.2) is 68.2 Å². The first-order valence-corrected chi connectivity index (χ1v) is 14.0. The highest BCUT2D eigenvalue weighted by Gasteiger charge is 2.42. The Morgan fingerprint density at radius 3 is 2.22 bits per heavy atom. The van der Waals surface area contributed by atoms with Gasteiger partial charge in [0.05, 0.1) is 0 Å². The van der Waals surface area contributed by atoms with Crippen LogP contribution >= 0.6 is 0 Å². The zero-order valence-electron chi connectivity index (χ0n) is 22.1. The van der Waals surface area contributed by atoms with Crippen molar-refractivity contribution in [2.24, 2.45) is 5.92 Å². The molecule has 2 amide bonds. The van der Waals surface area contributed by atoms with E-state index < -0.39 is 0 Å². The fraction of sp³-hybridized carbons (Fsp3) is 0.567. The van der Waals surface area contributed by atoms with Crippen molar-refractivity contribution in [3.05, 3.63) is 60.2 Å². The van der Waals surface area contributed by atoms with E-state index in [1.807, 2.05) is 18.0 Å². The molecule has 2 saturated heterocycles. The number of carbonyl (C=O) groups excluding carboxylic acids is 1. The third-order valence-electron chi connectivity index (χ3n) is 8.95. The van der Waals surface area contributed by atoms with Gasteiger partial charge in [0.1, 0.15) is 0 Å². The molecule has 5 rings (SSSR count). The molecule has 36 heavy (non-hydrogen) atoms. The van der Waals surface area contributed by atoms with Gasteiger partial charge in [0.25, 0.3) is 0 Å². The van der Waals surface area contributed by atoms with Gasteiger partial charge in [0.2, 0.25) is 0 Å². The molecule has 0 spiro atoms. The quantitative estimate of drug-likeness (QED) is 0.611. The molecule has 0 aromatic heterocycles. The number of rotatable bonds is 5. The molecule has 2 aromatic rings. The van der Waals surface area contributed by atoms with Gasteiger partial charge in [0.15, 0.2) is 0 Å². The second-order valence-electron chi connectivity index (χ2n) is 11.1. The van der Waals surface area contributed by atoms with Gasteiger partial charge < -0.3 is 20.4 Å². The van der Waals surface area contributed by atoms with Gasteiger partial charge in [-0.25, -0.2) is 4.79 Å². The third kappa shape index (κ3) is 5.40. The molecule has 2 aromatic carbocycles. The number of piperazine rings is 1. The minimum absolute atomic E-state index is 0.0319. The molecule has 2 N–H and O–H groups in total. The molecule has 0 unspecified atom stereocenters. The van der Waals surface area contributed by atoms with E-state index in [4.69, 9.17) is 0 Å². The molecular weight excluding hydrogens is 446 g/mol. The Morgan fingerprint density at radius 2 is 1.56 bits per heavy atom. The van der Waals surface area contributed by atoms with Crippen molar-refractivity contribution in [1.82, 2.24) is 15.1 Å². The lowest BCUT2D eigenvalue weighted by Crippen LogP contribution is -2.56. The van der Waals surface area contributed by atoms with E-state index in [1.165, 1.54) is 36.9 Å². The fourth-order valence-corrected chi connectivity index (χ4v) is 6.52. The lowest BCUT2D eigenvalue weighted by atomic mass is 9.71. The van der Waals surface area contributed by atoms with Crippen molar-refractivity contribution in [3.63, 3.8) is 0 Å². The van der Waals surface area contributed by atoms with Gasteiger partial charge in [0, 0.05) is 62.2 Å². The largest absolute Gasteiger partial charge is 0.369 e. The van der Waals surface area contributed by atoms with E-state index in [0.29, 0.717) is 6.04 Å². The molecule has 1 aliphatic carbocycles. The molecule has 2 aliphatic heterocycles. The summed E-state index contributed by atoms with van der Waals surface area (Å²) in [6, 6.07) is 20.1. The number of hydrogen-bond acceptors (Lipinski definition) is 4. The number of para-hydroxylation sites is 1. The Balaban J connectivity index is 1.31. The van der Waals surface area contributed by atoms with Gasteiger partial charge in [-0.05, 0) is 81.3 Å². The van der Waals surface area contributed by atoms with E-state index in [-0.39, 0.29) is 11.6 Å². The van der Waals surface area contributed by atoms with E-state index in [1.54, 1.807) is 0 Å². The first-order chi connectivity index (χ1) is 17.6. The van der Waals surface area contributed by atoms with Gasteiger partial charge in [-0.1, -0.05) is 37.3 Å². The van der Waals surface area contributed by atoms with Crippen LogP contribution in [0.4, 0.5) is 16.2 Å². The fourth-order valence-electron chi connectivity index (χ4n) is 6.52. The summed E-state index contributed by atoms with van der Waals surface area (Å²) in [5, 5.41) is 6.56. The van der Waals surface area contributed by atoms with E-state index in [9.17, 15) is 4.79 Å². The zero-order chi connectivity index (χ0) is 25.0. The number of piperidine rings is 1. The topological polar surface area (TPSA) is 50.9 Å². The lowest BCUT2D eigenvalue weighted by molar-refractivity contribution is 0.0299. The highest BCUT2D eigenvalue weighted by molar-refractivity contribution is 5.89. The maximum Gasteiger partial charge on any atom is 0.321 e. The Kier molecular flexibility index (Phi) is 7.82. The van der Waals surface area contributed by atoms with Gasteiger partial charge in [-0.3, -0.25) is 4.90 Å². The van der Waals surface area contributed by atoms with Gasteiger partial charge in [-0.15, -0.1) is 0 Å². The minimum atomic E-state index is 0.0319. The standard InChI is InChI=1S/C30H43N5O/c1-24-11-15-30(16-12-24,35-21-19-33(20-22-35)28-9-4-3-5-10-28)25-7-6-8-27(23-25)32-29(36)34-17-13-26(31-2)14-18-34/h3-10,23-24,26,31H,11-22H2,1-2H3,(H,32,36). The average Bonchev–Trinajstić information content (AvgIpc) is 2.94. The number of anilines is 2. The van der Waals surface area contributed by atoms with Crippen LogP contribution in [0.3, 0.4) is 0 Å². The number of hydrogen-bond donors (Lipinski definition) is 2. The van der Waals surface area contributed by atoms with E-state index in [0.717, 1.165) is 63.7 Å². The maximum absolute atomic E-state index is 13.0. The lowest BCUT2D eigenvalue weighted by Gasteiger charge is -2.51. The second-order valence-corrected chi connectivity index (χ2v) is 11.1. The first-order valence-electron chi connectivity index (χ1n) is 14.0. The summed E-state index contributed by atoms with van der Waals surface area (Å²) in [7, 11) is 2.01. The highest BCUT2D eigenvalue weighted by Crippen LogP contribution is 2.45. The molecule has 194 valence electrons. The Hall–Kier alpha value is -2.57. The average molecular weight is 490 g/mol. The molecule has 3 fully saturated rings. The molecule has 6 heteroatoms. The number of benzene rings is 2. The van der Waals surface area contributed by atoms with Crippen LogP contribution in [-0.2, 0) is 5.54 Å². The third-order valence-corrected chi connectivity index (χ3v) is 8.95. The molecule has 0 bridgehead atoms.